The zero-order chi connectivity index (χ0) is 15.3. The van der Waals surface area contributed by atoms with Crippen LogP contribution in [-0.4, -0.2) is 45.6 Å². The van der Waals surface area contributed by atoms with Gasteiger partial charge in [0.15, 0.2) is 11.6 Å². The summed E-state index contributed by atoms with van der Waals surface area (Å²) in [4.78, 5) is 1.09. The van der Waals surface area contributed by atoms with Crippen LogP contribution >= 0.6 is 0 Å². The summed E-state index contributed by atoms with van der Waals surface area (Å²) in [5.74, 6) is -2.74. The smallest absolute Gasteiger partial charge is 0.243 e. The number of benzene rings is 1. The van der Waals surface area contributed by atoms with Crippen molar-refractivity contribution >= 4 is 10.0 Å². The van der Waals surface area contributed by atoms with Gasteiger partial charge in [0, 0.05) is 6.54 Å². The summed E-state index contributed by atoms with van der Waals surface area (Å²) in [6.07, 6.45) is 0.538. The maximum absolute atomic E-state index is 13.6. The molecule has 0 aliphatic rings. The zero-order valence-corrected chi connectivity index (χ0v) is 12.2. The van der Waals surface area contributed by atoms with Crippen molar-refractivity contribution in [2.45, 2.75) is 17.9 Å². The molecule has 0 atom stereocenters. The minimum Gasteiger partial charge on any atom is -0.392 e. The van der Waals surface area contributed by atoms with E-state index < -0.39 is 33.2 Å². The first-order valence-corrected chi connectivity index (χ1v) is 7.49. The lowest BCUT2D eigenvalue weighted by molar-refractivity contribution is 0.280. The summed E-state index contributed by atoms with van der Waals surface area (Å²) in [6, 6.07) is 1.69. The van der Waals surface area contributed by atoms with Gasteiger partial charge in [-0.15, -0.1) is 0 Å². The number of sulfonamides is 1. The van der Waals surface area contributed by atoms with Crippen molar-refractivity contribution in [2.75, 3.05) is 27.2 Å². The summed E-state index contributed by atoms with van der Waals surface area (Å²) >= 11 is 0. The molecule has 0 radical (unpaired) electrons. The Morgan fingerprint density at radius 2 is 1.95 bits per heavy atom. The van der Waals surface area contributed by atoms with E-state index in [-0.39, 0.29) is 12.1 Å². The third-order valence-corrected chi connectivity index (χ3v) is 4.06. The van der Waals surface area contributed by atoms with Crippen LogP contribution in [0.2, 0.25) is 0 Å². The van der Waals surface area contributed by atoms with Gasteiger partial charge in [-0.3, -0.25) is 0 Å². The number of aliphatic hydroxyl groups excluding tert-OH is 1. The quantitative estimate of drug-likeness (QED) is 0.727. The van der Waals surface area contributed by atoms with E-state index in [0.717, 1.165) is 12.1 Å². The second-order valence-electron chi connectivity index (χ2n) is 4.60. The fourth-order valence-electron chi connectivity index (χ4n) is 1.58. The molecule has 0 saturated carbocycles. The molecule has 8 heteroatoms. The van der Waals surface area contributed by atoms with Crippen molar-refractivity contribution in [2.24, 2.45) is 0 Å². The third-order valence-electron chi connectivity index (χ3n) is 2.60. The Balaban J connectivity index is 2.89. The number of halogens is 2. The minimum absolute atomic E-state index is 0.00225. The van der Waals surface area contributed by atoms with Crippen LogP contribution < -0.4 is 4.72 Å². The van der Waals surface area contributed by atoms with E-state index in [1.807, 2.05) is 19.0 Å². The second kappa shape index (κ2) is 7.07. The first kappa shape index (κ1) is 17.0. The molecular weight excluding hydrogens is 290 g/mol. The molecule has 0 fully saturated rings. The van der Waals surface area contributed by atoms with Crippen LogP contribution in [0.3, 0.4) is 0 Å². The number of hydrogen-bond acceptors (Lipinski definition) is 4. The molecule has 2 N–H and O–H groups in total. The Bertz CT molecular complexity index is 562. The van der Waals surface area contributed by atoms with Crippen LogP contribution in [0.25, 0.3) is 0 Å². The molecular formula is C12H18F2N2O3S. The number of aliphatic hydroxyl groups is 1. The molecule has 0 aromatic heterocycles. The van der Waals surface area contributed by atoms with Gasteiger partial charge in [0.2, 0.25) is 10.0 Å². The molecule has 5 nitrogen and oxygen atoms in total. The summed E-state index contributed by atoms with van der Waals surface area (Å²) in [6.45, 7) is 0.210. The maximum Gasteiger partial charge on any atom is 0.243 e. The van der Waals surface area contributed by atoms with Crippen molar-refractivity contribution < 1.29 is 22.3 Å². The highest BCUT2D eigenvalue weighted by atomic mass is 32.2. The van der Waals surface area contributed by atoms with E-state index in [9.17, 15) is 17.2 Å². The Morgan fingerprint density at radius 1 is 1.30 bits per heavy atom. The average Bonchev–Trinajstić information content (AvgIpc) is 2.37. The highest BCUT2D eigenvalue weighted by molar-refractivity contribution is 7.89. The van der Waals surface area contributed by atoms with Gasteiger partial charge in [0.05, 0.1) is 6.61 Å². The summed E-state index contributed by atoms with van der Waals surface area (Å²) < 4.78 is 52.9. The molecule has 0 aliphatic heterocycles. The van der Waals surface area contributed by atoms with Crippen LogP contribution in [0.15, 0.2) is 17.0 Å². The van der Waals surface area contributed by atoms with Gasteiger partial charge in [-0.25, -0.2) is 21.9 Å². The largest absolute Gasteiger partial charge is 0.392 e. The van der Waals surface area contributed by atoms with Gasteiger partial charge >= 0.3 is 0 Å². The molecule has 0 unspecified atom stereocenters. The van der Waals surface area contributed by atoms with E-state index >= 15 is 0 Å². The SMILES string of the molecule is CN(C)CCCNS(=O)(=O)c1cc(CO)cc(F)c1F. The van der Waals surface area contributed by atoms with Gasteiger partial charge in [0.25, 0.3) is 0 Å². The van der Waals surface area contributed by atoms with E-state index in [2.05, 4.69) is 4.72 Å². The summed E-state index contributed by atoms with van der Waals surface area (Å²) in [5, 5.41) is 8.91. The van der Waals surface area contributed by atoms with Gasteiger partial charge < -0.3 is 10.0 Å². The van der Waals surface area contributed by atoms with Crippen molar-refractivity contribution in [3.63, 3.8) is 0 Å². The average molecular weight is 308 g/mol. The van der Waals surface area contributed by atoms with Gasteiger partial charge in [0.1, 0.15) is 4.90 Å². The van der Waals surface area contributed by atoms with Crippen molar-refractivity contribution in [3.05, 3.63) is 29.3 Å². The molecule has 114 valence electrons. The van der Waals surface area contributed by atoms with Gasteiger partial charge in [-0.1, -0.05) is 0 Å². The molecule has 1 aromatic rings. The fourth-order valence-corrected chi connectivity index (χ4v) is 2.79. The maximum atomic E-state index is 13.6. The predicted molar refractivity (Wildman–Crippen MR) is 70.6 cm³/mol. The minimum atomic E-state index is -4.14. The van der Waals surface area contributed by atoms with E-state index in [0.29, 0.717) is 13.0 Å². The van der Waals surface area contributed by atoms with Crippen LogP contribution in [-0.2, 0) is 16.6 Å². The van der Waals surface area contributed by atoms with Gasteiger partial charge in [-0.2, -0.15) is 0 Å². The van der Waals surface area contributed by atoms with E-state index in [1.54, 1.807) is 0 Å². The molecule has 1 aromatic carbocycles. The van der Waals surface area contributed by atoms with Crippen LogP contribution in [0.4, 0.5) is 8.78 Å². The third kappa shape index (κ3) is 4.48. The first-order valence-electron chi connectivity index (χ1n) is 6.01. The lowest BCUT2D eigenvalue weighted by atomic mass is 10.2. The highest BCUT2D eigenvalue weighted by Gasteiger charge is 2.22. The summed E-state index contributed by atoms with van der Waals surface area (Å²) in [5.41, 5.74) is -0.00225. The zero-order valence-electron chi connectivity index (χ0n) is 11.4. The fraction of sp³-hybridized carbons (Fsp3) is 0.500. The van der Waals surface area contributed by atoms with Crippen molar-refractivity contribution in [1.29, 1.82) is 0 Å². The first-order chi connectivity index (χ1) is 9.27. The normalized spacial score (nSPS) is 12.1. The number of nitrogens with one attached hydrogen (secondary N) is 1. The lowest BCUT2D eigenvalue weighted by Crippen LogP contribution is -2.28. The number of hydrogen-bond donors (Lipinski definition) is 2. The molecule has 1 rings (SSSR count). The van der Waals surface area contributed by atoms with E-state index in [1.165, 1.54) is 0 Å². The molecule has 0 bridgehead atoms. The summed E-state index contributed by atoms with van der Waals surface area (Å²) in [7, 11) is -0.456. The molecule has 0 spiro atoms. The van der Waals surface area contributed by atoms with Crippen LogP contribution in [0, 0.1) is 11.6 Å². The highest BCUT2D eigenvalue weighted by Crippen LogP contribution is 2.19. The second-order valence-corrected chi connectivity index (χ2v) is 6.34. The van der Waals surface area contributed by atoms with E-state index in [4.69, 9.17) is 5.11 Å². The number of nitrogens with zero attached hydrogens (tertiary/aromatic N) is 1. The van der Waals surface area contributed by atoms with Crippen LogP contribution in [0.1, 0.15) is 12.0 Å². The Kier molecular flexibility index (Phi) is 6.00. The lowest BCUT2D eigenvalue weighted by Gasteiger charge is -2.11. The Hall–Kier alpha value is -1.09. The van der Waals surface area contributed by atoms with Crippen molar-refractivity contribution in [3.8, 4) is 0 Å². The molecule has 0 aliphatic carbocycles. The van der Waals surface area contributed by atoms with Gasteiger partial charge in [-0.05, 0) is 44.8 Å². The standard InChI is InChI=1S/C12H18F2N2O3S/c1-16(2)5-3-4-15-20(18,19)11-7-9(8-17)6-10(13)12(11)14/h6-7,15,17H,3-5,8H2,1-2H3. The predicted octanol–water partition coefficient (Wildman–Crippen LogP) is 0.687. The molecule has 0 amide bonds. The monoisotopic (exact) mass is 308 g/mol. The molecule has 0 heterocycles. The number of rotatable bonds is 7. The Morgan fingerprint density at radius 3 is 2.50 bits per heavy atom. The van der Waals surface area contributed by atoms with Crippen molar-refractivity contribution in [1.82, 2.24) is 9.62 Å². The molecule has 0 saturated heterocycles. The Labute approximate surface area is 117 Å². The topological polar surface area (TPSA) is 69.6 Å². The molecule has 20 heavy (non-hydrogen) atoms. The van der Waals surface area contributed by atoms with Crippen LogP contribution in [0.5, 0.6) is 0 Å².